The zero-order valence-corrected chi connectivity index (χ0v) is 12.5. The second-order valence-corrected chi connectivity index (χ2v) is 7.33. The maximum absolute atomic E-state index is 11.7. The Bertz CT molecular complexity index is 429. The molecule has 100 valence electrons. The van der Waals surface area contributed by atoms with Crippen LogP contribution < -0.4 is 11.1 Å². The minimum atomic E-state index is -0.0292. The molecule has 1 rings (SSSR count). The first-order valence-electron chi connectivity index (χ1n) is 5.77. The maximum Gasteiger partial charge on any atom is 0.225 e. The lowest BCUT2D eigenvalue weighted by molar-refractivity contribution is -0.115. The lowest BCUT2D eigenvalue weighted by Crippen LogP contribution is -2.15. The number of amides is 1. The Balaban J connectivity index is 2.45. The molecular weight excluding hydrogens is 268 g/mol. The Morgan fingerprint density at radius 1 is 1.44 bits per heavy atom. The van der Waals surface area contributed by atoms with Gasteiger partial charge in [0.15, 0.2) is 0 Å². The maximum atomic E-state index is 11.7. The molecule has 0 unspecified atom stereocenters. The first-order valence-corrected chi connectivity index (χ1v) is 7.13. The molecule has 0 atom stereocenters. The van der Waals surface area contributed by atoms with Crippen molar-refractivity contribution in [3.05, 3.63) is 23.2 Å². The van der Waals surface area contributed by atoms with Gasteiger partial charge in [-0.3, -0.25) is 4.79 Å². The lowest BCUT2D eigenvalue weighted by atomic mass is 10.2. The predicted molar refractivity (Wildman–Crippen MR) is 81.3 cm³/mol. The van der Waals surface area contributed by atoms with Crippen molar-refractivity contribution in [1.82, 2.24) is 0 Å². The third-order valence-electron chi connectivity index (χ3n) is 2.13. The van der Waals surface area contributed by atoms with Crippen LogP contribution in [0.5, 0.6) is 0 Å². The van der Waals surface area contributed by atoms with E-state index in [-0.39, 0.29) is 10.7 Å². The third kappa shape index (κ3) is 5.65. The van der Waals surface area contributed by atoms with E-state index in [9.17, 15) is 4.79 Å². The van der Waals surface area contributed by atoms with Gasteiger partial charge in [0.2, 0.25) is 5.91 Å². The number of nitrogens with one attached hydrogen (secondary N) is 1. The van der Waals surface area contributed by atoms with Gasteiger partial charge in [-0.15, -0.1) is 0 Å². The van der Waals surface area contributed by atoms with Gasteiger partial charge in [-0.05, 0) is 18.2 Å². The molecule has 3 nitrogen and oxygen atoms in total. The van der Waals surface area contributed by atoms with Crippen LogP contribution in [0.15, 0.2) is 18.2 Å². The van der Waals surface area contributed by atoms with Gasteiger partial charge in [0, 0.05) is 22.6 Å². The van der Waals surface area contributed by atoms with Crippen LogP contribution in [-0.2, 0) is 4.79 Å². The summed E-state index contributed by atoms with van der Waals surface area (Å²) in [7, 11) is 0. The van der Waals surface area contributed by atoms with Gasteiger partial charge in [-0.25, -0.2) is 0 Å². The van der Waals surface area contributed by atoms with E-state index in [2.05, 4.69) is 26.1 Å². The first-order chi connectivity index (χ1) is 8.28. The molecule has 0 heterocycles. The van der Waals surface area contributed by atoms with Crippen LogP contribution in [0.1, 0.15) is 27.2 Å². The number of nitrogen functional groups attached to an aromatic ring is 1. The first kappa shape index (κ1) is 15.2. The number of benzene rings is 1. The van der Waals surface area contributed by atoms with Crippen molar-refractivity contribution in [3.63, 3.8) is 0 Å². The Labute approximate surface area is 117 Å². The lowest BCUT2D eigenvalue weighted by Gasteiger charge is -2.17. The van der Waals surface area contributed by atoms with Gasteiger partial charge in [-0.1, -0.05) is 32.4 Å². The van der Waals surface area contributed by atoms with E-state index in [4.69, 9.17) is 17.3 Å². The average Bonchev–Trinajstić information content (AvgIpc) is 2.20. The van der Waals surface area contributed by atoms with Crippen LogP contribution in [-0.4, -0.2) is 16.4 Å². The number of rotatable bonds is 4. The molecule has 0 bridgehead atoms. The van der Waals surface area contributed by atoms with Crippen molar-refractivity contribution in [2.45, 2.75) is 31.9 Å². The van der Waals surface area contributed by atoms with E-state index in [1.165, 1.54) is 0 Å². The fraction of sp³-hybridized carbons (Fsp3) is 0.462. The van der Waals surface area contributed by atoms with Crippen LogP contribution >= 0.6 is 23.4 Å². The molecule has 0 radical (unpaired) electrons. The van der Waals surface area contributed by atoms with Gasteiger partial charge >= 0.3 is 0 Å². The fourth-order valence-electron chi connectivity index (χ4n) is 1.30. The Morgan fingerprint density at radius 3 is 2.67 bits per heavy atom. The zero-order valence-electron chi connectivity index (χ0n) is 10.9. The van der Waals surface area contributed by atoms with Gasteiger partial charge in [0.25, 0.3) is 0 Å². The predicted octanol–water partition coefficient (Wildman–Crippen LogP) is 3.78. The number of hydrogen-bond donors (Lipinski definition) is 2. The molecule has 1 amide bonds. The van der Waals surface area contributed by atoms with E-state index in [0.29, 0.717) is 22.8 Å². The molecule has 0 saturated carbocycles. The number of thioether (sulfide) groups is 1. The summed E-state index contributed by atoms with van der Waals surface area (Å²) in [6, 6.07) is 5.05. The van der Waals surface area contributed by atoms with Crippen LogP contribution in [0, 0.1) is 0 Å². The number of carbonyl (C=O) groups excluding carboxylic acids is 1. The number of halogens is 1. The zero-order chi connectivity index (χ0) is 13.8. The molecule has 5 heteroatoms. The van der Waals surface area contributed by atoms with E-state index >= 15 is 0 Å². The molecule has 0 fully saturated rings. The van der Waals surface area contributed by atoms with Crippen molar-refractivity contribution in [2.24, 2.45) is 0 Å². The standard InChI is InChI=1S/C13H19ClN2OS/c1-13(2,3)18-7-6-12(17)16-11-5-4-9(15)8-10(11)14/h4-5,8H,6-7,15H2,1-3H3,(H,16,17). The Hall–Kier alpha value is -0.870. The molecule has 1 aromatic rings. The molecule has 0 saturated heterocycles. The largest absolute Gasteiger partial charge is 0.399 e. The van der Waals surface area contributed by atoms with Crippen molar-refractivity contribution in [1.29, 1.82) is 0 Å². The SMILES string of the molecule is CC(C)(C)SCCC(=O)Nc1ccc(N)cc1Cl. The number of anilines is 2. The smallest absolute Gasteiger partial charge is 0.225 e. The molecule has 0 spiro atoms. The molecule has 0 aromatic heterocycles. The molecular formula is C13H19ClN2OS. The molecule has 3 N–H and O–H groups in total. The Kier molecular flexibility index (Phi) is 5.35. The van der Waals surface area contributed by atoms with E-state index < -0.39 is 0 Å². The van der Waals surface area contributed by atoms with Crippen LogP contribution in [0.2, 0.25) is 5.02 Å². The van der Waals surface area contributed by atoms with E-state index in [1.807, 2.05) is 0 Å². The summed E-state index contributed by atoms with van der Waals surface area (Å²) in [4.78, 5) is 11.7. The van der Waals surface area contributed by atoms with Crippen molar-refractivity contribution in [2.75, 3.05) is 16.8 Å². The second-order valence-electron chi connectivity index (χ2n) is 5.00. The summed E-state index contributed by atoms with van der Waals surface area (Å²) >= 11 is 7.75. The molecule has 18 heavy (non-hydrogen) atoms. The normalized spacial score (nSPS) is 11.3. The van der Waals surface area contributed by atoms with Crippen LogP contribution in [0.3, 0.4) is 0 Å². The summed E-state index contributed by atoms with van der Waals surface area (Å²) in [5, 5.41) is 3.25. The molecule has 0 aliphatic rings. The van der Waals surface area contributed by atoms with E-state index in [1.54, 1.807) is 30.0 Å². The monoisotopic (exact) mass is 286 g/mol. The van der Waals surface area contributed by atoms with Crippen LogP contribution in [0.25, 0.3) is 0 Å². The van der Waals surface area contributed by atoms with Gasteiger partial charge in [0.1, 0.15) is 0 Å². The summed E-state index contributed by atoms with van der Waals surface area (Å²) in [5.74, 6) is 0.764. The Morgan fingerprint density at radius 2 is 2.11 bits per heavy atom. The van der Waals surface area contributed by atoms with Crippen molar-refractivity contribution < 1.29 is 4.79 Å². The summed E-state index contributed by atoms with van der Waals surface area (Å²) in [6.45, 7) is 6.39. The molecule has 0 aliphatic carbocycles. The fourth-order valence-corrected chi connectivity index (χ4v) is 2.43. The molecule has 1 aromatic carbocycles. The summed E-state index contributed by atoms with van der Waals surface area (Å²) in [6.07, 6.45) is 0.475. The highest BCUT2D eigenvalue weighted by atomic mass is 35.5. The van der Waals surface area contributed by atoms with Gasteiger partial charge in [0.05, 0.1) is 10.7 Å². The van der Waals surface area contributed by atoms with Crippen molar-refractivity contribution >= 4 is 40.6 Å². The quantitative estimate of drug-likeness (QED) is 0.828. The summed E-state index contributed by atoms with van der Waals surface area (Å²) in [5.41, 5.74) is 6.78. The van der Waals surface area contributed by atoms with Crippen molar-refractivity contribution in [3.8, 4) is 0 Å². The van der Waals surface area contributed by atoms with Gasteiger partial charge in [-0.2, -0.15) is 11.8 Å². The number of nitrogens with two attached hydrogens (primary N) is 1. The topological polar surface area (TPSA) is 55.1 Å². The number of hydrogen-bond acceptors (Lipinski definition) is 3. The average molecular weight is 287 g/mol. The number of carbonyl (C=O) groups is 1. The minimum absolute atomic E-state index is 0.0292. The highest BCUT2D eigenvalue weighted by Gasteiger charge is 2.12. The molecule has 0 aliphatic heterocycles. The van der Waals surface area contributed by atoms with E-state index in [0.717, 1.165) is 5.75 Å². The van der Waals surface area contributed by atoms with Crippen LogP contribution in [0.4, 0.5) is 11.4 Å². The minimum Gasteiger partial charge on any atom is -0.399 e. The summed E-state index contributed by atoms with van der Waals surface area (Å²) < 4.78 is 0.180. The third-order valence-corrected chi connectivity index (χ3v) is 3.72. The van der Waals surface area contributed by atoms with Gasteiger partial charge < -0.3 is 11.1 Å². The highest BCUT2D eigenvalue weighted by Crippen LogP contribution is 2.26. The highest BCUT2D eigenvalue weighted by molar-refractivity contribution is 8.00. The second kappa shape index (κ2) is 6.34.